The Kier molecular flexibility index (Phi) is 6.32. The Morgan fingerprint density at radius 3 is 2.73 bits per heavy atom. The van der Waals surface area contributed by atoms with E-state index in [0.717, 1.165) is 10.4 Å². The van der Waals surface area contributed by atoms with Gasteiger partial charge in [0.25, 0.3) is 0 Å². The van der Waals surface area contributed by atoms with E-state index in [1.54, 1.807) is 11.7 Å². The third-order valence-electron chi connectivity index (χ3n) is 3.21. The molecule has 0 aliphatic heterocycles. The van der Waals surface area contributed by atoms with Crippen LogP contribution < -0.4 is 10.6 Å². The second kappa shape index (κ2) is 8.47. The van der Waals surface area contributed by atoms with Crippen molar-refractivity contribution in [1.29, 1.82) is 0 Å². The van der Waals surface area contributed by atoms with Crippen LogP contribution in [-0.4, -0.2) is 40.0 Å². The van der Waals surface area contributed by atoms with E-state index in [1.807, 2.05) is 30.3 Å². The summed E-state index contributed by atoms with van der Waals surface area (Å²) in [7, 11) is 0. The molecule has 0 unspecified atom stereocenters. The number of hydrogen-bond acceptors (Lipinski definition) is 5. The van der Waals surface area contributed by atoms with Crippen LogP contribution in [0.1, 0.15) is 10.4 Å². The van der Waals surface area contributed by atoms with Crippen LogP contribution in [0.25, 0.3) is 0 Å². The molecule has 1 heterocycles. The van der Waals surface area contributed by atoms with Crippen LogP contribution >= 0.6 is 11.3 Å². The molecule has 1 aromatic carbocycles. The number of nitrogens with zero attached hydrogens (tertiary/aromatic N) is 1. The highest BCUT2D eigenvalue weighted by atomic mass is 32.1. The third kappa shape index (κ3) is 5.44. The second-order valence-corrected chi connectivity index (χ2v) is 5.88. The van der Waals surface area contributed by atoms with Crippen molar-refractivity contribution in [2.75, 3.05) is 6.54 Å². The fourth-order valence-electron chi connectivity index (χ4n) is 2.12. The normalized spacial score (nSPS) is 13.5. The molecule has 2 rings (SSSR count). The average Bonchev–Trinajstić information content (AvgIpc) is 3.00. The first kappa shape index (κ1) is 16.4. The Morgan fingerprint density at radius 1 is 1.32 bits per heavy atom. The van der Waals surface area contributed by atoms with E-state index in [1.165, 1.54) is 11.3 Å². The summed E-state index contributed by atoms with van der Waals surface area (Å²) in [6, 6.07) is 8.94. The van der Waals surface area contributed by atoms with E-state index in [9.17, 15) is 9.90 Å². The van der Waals surface area contributed by atoms with Gasteiger partial charge in [0.15, 0.2) is 0 Å². The highest BCUT2D eigenvalue weighted by Crippen LogP contribution is 2.08. The van der Waals surface area contributed by atoms with E-state index in [0.29, 0.717) is 19.5 Å². The smallest absolute Gasteiger partial charge is 0.404 e. The van der Waals surface area contributed by atoms with E-state index in [-0.39, 0.29) is 0 Å². The zero-order valence-corrected chi connectivity index (χ0v) is 12.8. The van der Waals surface area contributed by atoms with Crippen LogP contribution in [0.4, 0.5) is 4.79 Å². The van der Waals surface area contributed by atoms with Crippen molar-refractivity contribution in [2.45, 2.75) is 25.1 Å². The van der Waals surface area contributed by atoms with Crippen LogP contribution in [0.5, 0.6) is 0 Å². The minimum Gasteiger partial charge on any atom is -0.465 e. The molecular formula is C15H19N3O3S. The van der Waals surface area contributed by atoms with Gasteiger partial charge in [0, 0.05) is 24.2 Å². The van der Waals surface area contributed by atoms with Gasteiger partial charge in [-0.3, -0.25) is 4.98 Å². The zero-order chi connectivity index (χ0) is 15.8. The molecule has 118 valence electrons. The maximum Gasteiger partial charge on any atom is 0.404 e. The van der Waals surface area contributed by atoms with E-state index < -0.39 is 18.2 Å². The number of aliphatic hydroxyl groups is 1. The number of carbonyl (C=O) groups is 1. The Hall–Kier alpha value is -1.96. The first-order valence-electron chi connectivity index (χ1n) is 6.94. The Bertz CT molecular complexity index is 563. The first-order valence-corrected chi connectivity index (χ1v) is 7.82. The monoisotopic (exact) mass is 321 g/mol. The number of hydrogen-bond donors (Lipinski definition) is 4. The summed E-state index contributed by atoms with van der Waals surface area (Å²) >= 11 is 1.53. The van der Waals surface area contributed by atoms with Gasteiger partial charge in [-0.1, -0.05) is 30.3 Å². The molecule has 7 heteroatoms. The van der Waals surface area contributed by atoms with Crippen LogP contribution in [0, 0.1) is 0 Å². The molecule has 2 atom stereocenters. The van der Waals surface area contributed by atoms with Crippen molar-refractivity contribution in [3.05, 3.63) is 52.5 Å². The zero-order valence-electron chi connectivity index (χ0n) is 12.0. The molecule has 1 amide bonds. The van der Waals surface area contributed by atoms with Crippen molar-refractivity contribution >= 4 is 17.4 Å². The summed E-state index contributed by atoms with van der Waals surface area (Å²) in [5, 5.41) is 24.7. The lowest BCUT2D eigenvalue weighted by atomic mass is 10.0. The maximum absolute atomic E-state index is 10.9. The molecule has 4 N–H and O–H groups in total. The lowest BCUT2D eigenvalue weighted by molar-refractivity contribution is 0.117. The summed E-state index contributed by atoms with van der Waals surface area (Å²) < 4.78 is 0. The summed E-state index contributed by atoms with van der Waals surface area (Å²) in [4.78, 5) is 16.0. The third-order valence-corrected chi connectivity index (χ3v) is 3.99. The van der Waals surface area contributed by atoms with Gasteiger partial charge in [0.05, 0.1) is 17.7 Å². The van der Waals surface area contributed by atoms with E-state index >= 15 is 0 Å². The van der Waals surface area contributed by atoms with E-state index in [4.69, 9.17) is 5.11 Å². The highest BCUT2D eigenvalue weighted by Gasteiger charge is 2.21. The van der Waals surface area contributed by atoms with Crippen LogP contribution in [-0.2, 0) is 13.0 Å². The van der Waals surface area contributed by atoms with Crippen molar-refractivity contribution in [1.82, 2.24) is 15.6 Å². The molecule has 0 saturated carbocycles. The fourth-order valence-corrected chi connectivity index (χ4v) is 2.69. The Balaban J connectivity index is 1.87. The van der Waals surface area contributed by atoms with Gasteiger partial charge in [-0.15, -0.1) is 11.3 Å². The number of benzene rings is 1. The topological polar surface area (TPSA) is 94.5 Å². The molecule has 0 bridgehead atoms. The van der Waals surface area contributed by atoms with Gasteiger partial charge in [-0.25, -0.2) is 4.79 Å². The van der Waals surface area contributed by atoms with Gasteiger partial charge in [0.2, 0.25) is 0 Å². The largest absolute Gasteiger partial charge is 0.465 e. The molecule has 0 radical (unpaired) electrons. The number of amides is 1. The van der Waals surface area contributed by atoms with Crippen LogP contribution in [0.15, 0.2) is 42.0 Å². The minimum atomic E-state index is -1.14. The standard InChI is InChI=1S/C15H19N3O3S/c19-14(9-16-7-12-8-17-10-22-12)13(18-15(20)21)6-11-4-2-1-3-5-11/h1-5,8,10,13-14,16,18-19H,6-7,9H2,(H,20,21)/t13-,14-/m0/s1. The molecular weight excluding hydrogens is 302 g/mol. The molecule has 0 aliphatic carbocycles. The van der Waals surface area contributed by atoms with Crippen LogP contribution in [0.3, 0.4) is 0 Å². The summed E-state index contributed by atoms with van der Waals surface area (Å²) in [6.45, 7) is 0.905. The number of aliphatic hydroxyl groups excluding tert-OH is 1. The number of aromatic nitrogens is 1. The van der Waals surface area contributed by atoms with Gasteiger partial charge >= 0.3 is 6.09 Å². The molecule has 2 aromatic rings. The van der Waals surface area contributed by atoms with Gasteiger partial charge in [-0.2, -0.15) is 0 Å². The SMILES string of the molecule is O=C(O)N[C@@H](Cc1ccccc1)[C@@H](O)CNCc1cncs1. The van der Waals surface area contributed by atoms with Crippen molar-refractivity contribution in [2.24, 2.45) is 0 Å². The second-order valence-electron chi connectivity index (χ2n) is 4.91. The van der Waals surface area contributed by atoms with Crippen molar-refractivity contribution < 1.29 is 15.0 Å². The lowest BCUT2D eigenvalue weighted by Gasteiger charge is -2.23. The lowest BCUT2D eigenvalue weighted by Crippen LogP contribution is -2.48. The summed E-state index contributed by atoms with van der Waals surface area (Å²) in [6.07, 6.45) is 0.254. The fraction of sp³-hybridized carbons (Fsp3) is 0.333. The summed E-state index contributed by atoms with van der Waals surface area (Å²) in [5.74, 6) is 0. The quantitative estimate of drug-likeness (QED) is 0.591. The molecule has 1 aromatic heterocycles. The highest BCUT2D eigenvalue weighted by molar-refractivity contribution is 7.09. The number of nitrogens with one attached hydrogen (secondary N) is 2. The van der Waals surface area contributed by atoms with Gasteiger partial charge < -0.3 is 20.8 Å². The Labute approximate surface area is 132 Å². The molecule has 0 saturated heterocycles. The molecule has 0 fully saturated rings. The average molecular weight is 321 g/mol. The molecule has 6 nitrogen and oxygen atoms in total. The number of thiazole rings is 1. The predicted molar refractivity (Wildman–Crippen MR) is 84.9 cm³/mol. The Morgan fingerprint density at radius 2 is 2.09 bits per heavy atom. The van der Waals surface area contributed by atoms with E-state index in [2.05, 4.69) is 15.6 Å². The number of rotatable bonds is 8. The van der Waals surface area contributed by atoms with Crippen LogP contribution in [0.2, 0.25) is 0 Å². The summed E-state index contributed by atoms with van der Waals surface area (Å²) in [5.41, 5.74) is 2.72. The molecule has 0 spiro atoms. The maximum atomic E-state index is 10.9. The predicted octanol–water partition coefficient (Wildman–Crippen LogP) is 1.47. The number of carboxylic acid groups (broad SMARTS) is 1. The molecule has 22 heavy (non-hydrogen) atoms. The van der Waals surface area contributed by atoms with Gasteiger partial charge in [-0.05, 0) is 12.0 Å². The molecule has 0 aliphatic rings. The minimum absolute atomic E-state index is 0.301. The first-order chi connectivity index (χ1) is 10.6. The van der Waals surface area contributed by atoms with Crippen molar-refractivity contribution in [3.8, 4) is 0 Å². The van der Waals surface area contributed by atoms with Crippen molar-refractivity contribution in [3.63, 3.8) is 0 Å². The van der Waals surface area contributed by atoms with Gasteiger partial charge in [0.1, 0.15) is 0 Å².